The van der Waals surface area contributed by atoms with Crippen LogP contribution in [0.5, 0.6) is 0 Å². The molecule has 2 aromatic rings. The molecule has 0 amide bonds. The van der Waals surface area contributed by atoms with Crippen LogP contribution in [0.2, 0.25) is 0 Å². The Morgan fingerprint density at radius 3 is 2.56 bits per heavy atom. The van der Waals surface area contributed by atoms with Gasteiger partial charge >= 0.3 is 0 Å². The van der Waals surface area contributed by atoms with Crippen LogP contribution in [-0.4, -0.2) is 16.8 Å². The molecular formula is C15H22N2O. The van der Waals surface area contributed by atoms with Crippen molar-refractivity contribution in [1.29, 1.82) is 0 Å². The molecule has 0 bridgehead atoms. The fourth-order valence-electron chi connectivity index (χ4n) is 1.68. The number of hydrogen-bond donors (Lipinski definition) is 2. The zero-order valence-corrected chi connectivity index (χ0v) is 11.4. The lowest BCUT2D eigenvalue weighted by atomic mass is 10.0. The highest BCUT2D eigenvalue weighted by molar-refractivity contribution is 5.85. The van der Waals surface area contributed by atoms with Gasteiger partial charge in [-0.3, -0.25) is 4.79 Å². The average molecular weight is 246 g/mol. The summed E-state index contributed by atoms with van der Waals surface area (Å²) in [5.74, 6) is 0.0280. The summed E-state index contributed by atoms with van der Waals surface area (Å²) in [6.07, 6.45) is 3.77. The van der Waals surface area contributed by atoms with E-state index in [-0.39, 0.29) is 5.78 Å². The first-order chi connectivity index (χ1) is 8.60. The number of H-pyrrole nitrogens is 1. The molecule has 0 saturated carbocycles. The third kappa shape index (κ3) is 3.70. The molecule has 1 aromatic heterocycles. The molecule has 1 aromatic carbocycles. The highest BCUT2D eigenvalue weighted by Gasteiger charge is 2.11. The third-order valence-electron chi connectivity index (χ3n) is 2.64. The lowest BCUT2D eigenvalue weighted by Gasteiger charge is -2.05. The zero-order chi connectivity index (χ0) is 13.5. The van der Waals surface area contributed by atoms with E-state index in [4.69, 9.17) is 5.73 Å². The van der Waals surface area contributed by atoms with Crippen molar-refractivity contribution in [3.8, 4) is 0 Å². The van der Waals surface area contributed by atoms with Gasteiger partial charge in [-0.1, -0.05) is 38.5 Å². The van der Waals surface area contributed by atoms with Crippen LogP contribution in [0.1, 0.15) is 32.8 Å². The number of carbonyl (C=O) groups is 1. The van der Waals surface area contributed by atoms with Gasteiger partial charge in [-0.25, -0.2) is 0 Å². The lowest BCUT2D eigenvalue weighted by Crippen LogP contribution is -2.30. The maximum Gasteiger partial charge on any atom is 0.146 e. The summed E-state index contributed by atoms with van der Waals surface area (Å²) < 4.78 is 0. The Morgan fingerprint density at radius 1 is 1.33 bits per heavy atom. The number of ketones is 1. The Labute approximate surface area is 108 Å². The Balaban J connectivity index is 0.000000492. The molecule has 0 fully saturated rings. The number of carbonyl (C=O) groups excluding carboxylic acids is 1. The molecule has 0 aliphatic carbocycles. The molecule has 3 heteroatoms. The number of aromatic amines is 1. The second kappa shape index (κ2) is 6.97. The number of nitrogens with two attached hydrogens (primary N) is 1. The molecule has 3 nitrogen and oxygen atoms in total. The minimum atomic E-state index is -0.399. The highest BCUT2D eigenvalue weighted by atomic mass is 16.1. The van der Waals surface area contributed by atoms with Crippen LogP contribution in [0.4, 0.5) is 0 Å². The fourth-order valence-corrected chi connectivity index (χ4v) is 1.68. The van der Waals surface area contributed by atoms with Gasteiger partial charge < -0.3 is 10.7 Å². The van der Waals surface area contributed by atoms with E-state index < -0.39 is 6.04 Å². The van der Waals surface area contributed by atoms with Gasteiger partial charge in [0.25, 0.3) is 0 Å². The Hall–Kier alpha value is -1.61. The molecule has 18 heavy (non-hydrogen) atoms. The summed E-state index contributed by atoms with van der Waals surface area (Å²) in [6, 6.07) is 7.61. The molecule has 1 atom stereocenters. The van der Waals surface area contributed by atoms with E-state index in [1.807, 2.05) is 30.5 Å². The number of benzene rings is 1. The molecule has 0 radical (unpaired) electrons. The second-order valence-corrected chi connectivity index (χ2v) is 4.49. The molecule has 0 aliphatic rings. The number of para-hydroxylation sites is 1. The summed E-state index contributed by atoms with van der Waals surface area (Å²) in [5, 5.41) is 1.15. The predicted molar refractivity (Wildman–Crippen MR) is 76.6 cm³/mol. The first-order valence-corrected chi connectivity index (χ1v) is 6.41. The number of hydrogen-bond acceptors (Lipinski definition) is 2. The molecule has 3 N–H and O–H groups in total. The van der Waals surface area contributed by atoms with Crippen molar-refractivity contribution in [2.75, 3.05) is 0 Å². The minimum absolute atomic E-state index is 0.0280. The van der Waals surface area contributed by atoms with Gasteiger partial charge in [-0.2, -0.15) is 0 Å². The second-order valence-electron chi connectivity index (χ2n) is 4.49. The molecule has 0 saturated heterocycles. The van der Waals surface area contributed by atoms with Crippen molar-refractivity contribution < 1.29 is 4.79 Å². The minimum Gasteiger partial charge on any atom is -0.361 e. The highest BCUT2D eigenvalue weighted by Crippen LogP contribution is 2.18. The van der Waals surface area contributed by atoms with Gasteiger partial charge in [0.1, 0.15) is 5.78 Å². The molecular weight excluding hydrogens is 224 g/mol. The first kappa shape index (κ1) is 14.5. The molecule has 98 valence electrons. The number of fused-ring (bicyclic) bond motifs is 1. The SMILES string of the molecule is CC(=O)C(N)Cc1c[nH]c2ccccc12.CCC. The zero-order valence-electron chi connectivity index (χ0n) is 11.4. The molecule has 1 heterocycles. The van der Waals surface area contributed by atoms with Crippen molar-refractivity contribution in [3.05, 3.63) is 36.0 Å². The maximum atomic E-state index is 11.1. The number of nitrogens with one attached hydrogen (secondary N) is 1. The third-order valence-corrected chi connectivity index (χ3v) is 2.64. The predicted octanol–water partition coefficient (Wildman–Crippen LogP) is 3.04. The summed E-state index contributed by atoms with van der Waals surface area (Å²) in [4.78, 5) is 14.2. The topological polar surface area (TPSA) is 58.9 Å². The van der Waals surface area contributed by atoms with E-state index in [1.165, 1.54) is 13.3 Å². The van der Waals surface area contributed by atoms with Gasteiger partial charge in [-0.05, 0) is 25.0 Å². The van der Waals surface area contributed by atoms with Crippen LogP contribution in [0.3, 0.4) is 0 Å². The molecule has 2 rings (SSSR count). The normalized spacial score (nSPS) is 11.8. The van der Waals surface area contributed by atoms with Crippen molar-refractivity contribution in [3.63, 3.8) is 0 Å². The van der Waals surface area contributed by atoms with Gasteiger partial charge in [0.05, 0.1) is 6.04 Å². The van der Waals surface area contributed by atoms with E-state index in [0.717, 1.165) is 16.5 Å². The quantitative estimate of drug-likeness (QED) is 0.874. The Bertz CT molecular complexity index is 502. The number of Topliss-reactive ketones (excluding diaryl/α,β-unsaturated/α-hetero) is 1. The standard InChI is InChI=1S/C12H14N2O.C3H8/c1-8(15)11(13)6-9-7-14-12-5-3-2-4-10(9)12;1-3-2/h2-5,7,11,14H,6,13H2,1H3;3H2,1-2H3. The van der Waals surface area contributed by atoms with Crippen LogP contribution in [-0.2, 0) is 11.2 Å². The van der Waals surface area contributed by atoms with E-state index in [9.17, 15) is 4.79 Å². The molecule has 0 spiro atoms. The van der Waals surface area contributed by atoms with E-state index in [0.29, 0.717) is 6.42 Å². The van der Waals surface area contributed by atoms with Crippen molar-refractivity contribution in [1.82, 2.24) is 4.98 Å². The summed E-state index contributed by atoms with van der Waals surface area (Å²) >= 11 is 0. The lowest BCUT2D eigenvalue weighted by molar-refractivity contribution is -0.118. The summed E-state index contributed by atoms with van der Waals surface area (Å²) in [5.41, 5.74) is 7.93. The van der Waals surface area contributed by atoms with Gasteiger partial charge in [0, 0.05) is 17.1 Å². The largest absolute Gasteiger partial charge is 0.361 e. The van der Waals surface area contributed by atoms with Crippen LogP contribution in [0, 0.1) is 0 Å². The molecule has 1 unspecified atom stereocenters. The summed E-state index contributed by atoms with van der Waals surface area (Å²) in [7, 11) is 0. The van der Waals surface area contributed by atoms with E-state index >= 15 is 0 Å². The number of aromatic nitrogens is 1. The van der Waals surface area contributed by atoms with Crippen molar-refractivity contribution in [2.24, 2.45) is 5.73 Å². The summed E-state index contributed by atoms with van der Waals surface area (Å²) in [6.45, 7) is 5.78. The van der Waals surface area contributed by atoms with Crippen LogP contribution < -0.4 is 5.73 Å². The maximum absolute atomic E-state index is 11.1. The Morgan fingerprint density at radius 2 is 1.94 bits per heavy atom. The van der Waals surface area contributed by atoms with Gasteiger partial charge in [-0.15, -0.1) is 0 Å². The monoisotopic (exact) mass is 246 g/mol. The van der Waals surface area contributed by atoms with Crippen molar-refractivity contribution >= 4 is 16.7 Å². The Kier molecular flexibility index (Phi) is 5.59. The van der Waals surface area contributed by atoms with Crippen LogP contribution >= 0.6 is 0 Å². The number of rotatable bonds is 3. The van der Waals surface area contributed by atoms with Crippen molar-refractivity contribution in [2.45, 2.75) is 39.7 Å². The fraction of sp³-hybridized carbons (Fsp3) is 0.400. The van der Waals surface area contributed by atoms with E-state index in [2.05, 4.69) is 18.8 Å². The van der Waals surface area contributed by atoms with Gasteiger partial charge in [0.2, 0.25) is 0 Å². The average Bonchev–Trinajstić information content (AvgIpc) is 2.74. The first-order valence-electron chi connectivity index (χ1n) is 6.41. The van der Waals surface area contributed by atoms with Gasteiger partial charge in [0.15, 0.2) is 0 Å². The molecule has 0 aliphatic heterocycles. The van der Waals surface area contributed by atoms with E-state index in [1.54, 1.807) is 0 Å². The van der Waals surface area contributed by atoms with Crippen LogP contribution in [0.25, 0.3) is 10.9 Å². The van der Waals surface area contributed by atoms with Crippen LogP contribution in [0.15, 0.2) is 30.5 Å². The smallest absolute Gasteiger partial charge is 0.146 e.